The lowest BCUT2D eigenvalue weighted by Gasteiger charge is -2.42. The van der Waals surface area contributed by atoms with E-state index in [-0.39, 0.29) is 24.5 Å². The first-order chi connectivity index (χ1) is 11.5. The van der Waals surface area contributed by atoms with Crippen molar-refractivity contribution in [1.82, 2.24) is 14.7 Å². The van der Waals surface area contributed by atoms with Gasteiger partial charge >= 0.3 is 0 Å². The monoisotopic (exact) mass is 331 g/mol. The maximum Gasteiger partial charge on any atom is 0.254 e. The van der Waals surface area contributed by atoms with Crippen molar-refractivity contribution in [1.29, 1.82) is 0 Å². The molecule has 2 aliphatic rings. The van der Waals surface area contributed by atoms with Crippen molar-refractivity contribution in [3.63, 3.8) is 0 Å². The van der Waals surface area contributed by atoms with Gasteiger partial charge in [0, 0.05) is 33.2 Å². The Morgan fingerprint density at radius 3 is 2.46 bits per heavy atom. The Balaban J connectivity index is 1.88. The lowest BCUT2D eigenvalue weighted by Crippen LogP contribution is -2.57. The molecule has 0 bridgehead atoms. The molecule has 2 atom stereocenters. The lowest BCUT2D eigenvalue weighted by molar-refractivity contribution is -0.168. The molecule has 2 heterocycles. The third-order valence-corrected chi connectivity index (χ3v) is 5.05. The van der Waals surface area contributed by atoms with Crippen LogP contribution in [0.1, 0.15) is 17.2 Å². The summed E-state index contributed by atoms with van der Waals surface area (Å²) in [6.07, 6.45) is -0.641. The zero-order chi connectivity index (χ0) is 17.3. The highest BCUT2D eigenvalue weighted by Crippen LogP contribution is 2.32. The first-order valence-electron chi connectivity index (χ1n) is 8.39. The number of carbonyl (C=O) groups excluding carboxylic acids is 2. The normalized spacial score (nSPS) is 25.9. The van der Waals surface area contributed by atoms with Crippen LogP contribution in [0.4, 0.5) is 0 Å². The predicted octanol–water partition coefficient (Wildman–Crippen LogP) is 0.667. The average Bonchev–Trinajstić information content (AvgIpc) is 2.58. The van der Waals surface area contributed by atoms with Gasteiger partial charge in [0.05, 0.1) is 6.04 Å². The van der Waals surface area contributed by atoms with Crippen molar-refractivity contribution in [3.8, 4) is 0 Å². The molecule has 2 saturated heterocycles. The van der Waals surface area contributed by atoms with Crippen molar-refractivity contribution < 1.29 is 14.3 Å². The van der Waals surface area contributed by atoms with Gasteiger partial charge in [-0.25, -0.2) is 0 Å². The van der Waals surface area contributed by atoms with Gasteiger partial charge in [-0.3, -0.25) is 9.59 Å². The van der Waals surface area contributed by atoms with Crippen molar-refractivity contribution in [2.75, 3.05) is 46.9 Å². The Labute approximate surface area is 143 Å². The summed E-state index contributed by atoms with van der Waals surface area (Å²) >= 11 is 0. The lowest BCUT2D eigenvalue weighted by atomic mass is 9.93. The molecule has 0 N–H and O–H groups in total. The van der Waals surface area contributed by atoms with Crippen molar-refractivity contribution in [3.05, 3.63) is 35.4 Å². The van der Waals surface area contributed by atoms with Crippen LogP contribution in [-0.4, -0.2) is 79.5 Å². The van der Waals surface area contributed by atoms with E-state index in [1.807, 2.05) is 36.1 Å². The molecular weight excluding hydrogens is 306 g/mol. The minimum atomic E-state index is -0.641. The van der Waals surface area contributed by atoms with Crippen LogP contribution in [-0.2, 0) is 14.3 Å². The summed E-state index contributed by atoms with van der Waals surface area (Å²) in [5, 5.41) is 0. The molecule has 2 aliphatic heterocycles. The third kappa shape index (κ3) is 3.16. The summed E-state index contributed by atoms with van der Waals surface area (Å²) in [6.45, 7) is 5.09. The van der Waals surface area contributed by atoms with Gasteiger partial charge in [0.2, 0.25) is 5.91 Å². The molecule has 24 heavy (non-hydrogen) atoms. The highest BCUT2D eigenvalue weighted by molar-refractivity contribution is 5.86. The van der Waals surface area contributed by atoms with Crippen molar-refractivity contribution in [2.24, 2.45) is 0 Å². The molecule has 2 fully saturated rings. The quantitative estimate of drug-likeness (QED) is 0.799. The van der Waals surface area contributed by atoms with Crippen LogP contribution in [0.2, 0.25) is 0 Å². The molecular formula is C18H25N3O3. The minimum Gasteiger partial charge on any atom is -0.356 e. The summed E-state index contributed by atoms with van der Waals surface area (Å²) in [7, 11) is 3.81. The van der Waals surface area contributed by atoms with E-state index in [0.717, 1.165) is 24.2 Å². The number of ether oxygens (including phenoxy) is 1. The van der Waals surface area contributed by atoms with E-state index in [1.165, 1.54) is 0 Å². The average molecular weight is 331 g/mol. The van der Waals surface area contributed by atoms with E-state index >= 15 is 0 Å². The van der Waals surface area contributed by atoms with Crippen LogP contribution < -0.4 is 0 Å². The number of benzene rings is 1. The third-order valence-electron chi connectivity index (χ3n) is 5.05. The summed E-state index contributed by atoms with van der Waals surface area (Å²) in [4.78, 5) is 30.9. The number of hydrogen-bond acceptors (Lipinski definition) is 4. The first kappa shape index (κ1) is 16.9. The highest BCUT2D eigenvalue weighted by Gasteiger charge is 2.42. The van der Waals surface area contributed by atoms with Crippen LogP contribution in [0.25, 0.3) is 0 Å². The molecule has 2 amide bonds. The number of amides is 2. The number of morpholine rings is 1. The standard InChI is InChI=1S/C18H25N3O3/c1-13-6-4-5-7-14(13)16-17(24-12-15(22)20(16)3)18(23)21-10-8-19(2)9-11-21/h4-7,16-17H,8-12H2,1-3H3/t16-,17+/m1/s1. The van der Waals surface area contributed by atoms with Crippen LogP contribution in [0, 0.1) is 6.92 Å². The smallest absolute Gasteiger partial charge is 0.254 e. The number of nitrogens with zero attached hydrogens (tertiary/aromatic N) is 3. The van der Waals surface area contributed by atoms with Crippen LogP contribution in [0.3, 0.4) is 0 Å². The van der Waals surface area contributed by atoms with Gasteiger partial charge in [0.1, 0.15) is 6.61 Å². The summed E-state index contributed by atoms with van der Waals surface area (Å²) in [5.74, 6) is -0.110. The van der Waals surface area contributed by atoms with Gasteiger partial charge in [0.25, 0.3) is 5.91 Å². The van der Waals surface area contributed by atoms with Gasteiger partial charge in [-0.05, 0) is 25.1 Å². The molecule has 0 aliphatic carbocycles. The maximum atomic E-state index is 13.1. The molecule has 0 radical (unpaired) electrons. The Bertz CT molecular complexity index is 626. The highest BCUT2D eigenvalue weighted by atomic mass is 16.5. The Hall–Kier alpha value is -1.92. The second kappa shape index (κ2) is 6.91. The molecule has 0 unspecified atom stereocenters. The predicted molar refractivity (Wildman–Crippen MR) is 90.5 cm³/mol. The number of rotatable bonds is 2. The van der Waals surface area contributed by atoms with Crippen LogP contribution >= 0.6 is 0 Å². The zero-order valence-electron chi connectivity index (χ0n) is 14.6. The largest absolute Gasteiger partial charge is 0.356 e. The minimum absolute atomic E-state index is 0.0179. The zero-order valence-corrected chi connectivity index (χ0v) is 14.6. The fraction of sp³-hybridized carbons (Fsp3) is 0.556. The fourth-order valence-corrected chi connectivity index (χ4v) is 3.42. The molecule has 0 aromatic heterocycles. The molecule has 6 heteroatoms. The van der Waals surface area contributed by atoms with Crippen molar-refractivity contribution in [2.45, 2.75) is 19.1 Å². The molecule has 0 spiro atoms. The second-order valence-electron chi connectivity index (χ2n) is 6.67. The fourth-order valence-electron chi connectivity index (χ4n) is 3.42. The van der Waals surface area contributed by atoms with E-state index in [1.54, 1.807) is 11.9 Å². The first-order valence-corrected chi connectivity index (χ1v) is 8.39. The van der Waals surface area contributed by atoms with E-state index < -0.39 is 6.10 Å². The Morgan fingerprint density at radius 1 is 1.12 bits per heavy atom. The van der Waals surface area contributed by atoms with Gasteiger partial charge in [-0.1, -0.05) is 24.3 Å². The number of hydrogen-bond donors (Lipinski definition) is 0. The SMILES string of the molecule is Cc1ccccc1[C@@H]1[C@@H](C(=O)N2CCN(C)CC2)OCC(=O)N1C. The van der Waals surface area contributed by atoms with Gasteiger partial charge in [0.15, 0.2) is 6.10 Å². The Kier molecular flexibility index (Phi) is 4.87. The molecule has 3 rings (SSSR count). The summed E-state index contributed by atoms with van der Waals surface area (Å²) in [5.41, 5.74) is 2.03. The van der Waals surface area contributed by atoms with E-state index in [2.05, 4.69) is 11.9 Å². The number of carbonyl (C=O) groups is 2. The second-order valence-corrected chi connectivity index (χ2v) is 6.67. The van der Waals surface area contributed by atoms with Crippen LogP contribution in [0.15, 0.2) is 24.3 Å². The van der Waals surface area contributed by atoms with E-state index in [0.29, 0.717) is 13.1 Å². The van der Waals surface area contributed by atoms with Gasteiger partial charge in [-0.2, -0.15) is 0 Å². The van der Waals surface area contributed by atoms with Crippen molar-refractivity contribution >= 4 is 11.8 Å². The van der Waals surface area contributed by atoms with E-state index in [9.17, 15) is 9.59 Å². The number of aryl methyl sites for hydroxylation is 1. The summed E-state index contributed by atoms with van der Waals surface area (Å²) in [6, 6.07) is 7.50. The number of piperazine rings is 1. The summed E-state index contributed by atoms with van der Waals surface area (Å²) < 4.78 is 5.73. The molecule has 6 nitrogen and oxygen atoms in total. The van der Waals surface area contributed by atoms with Gasteiger partial charge in [-0.15, -0.1) is 0 Å². The van der Waals surface area contributed by atoms with Crippen LogP contribution in [0.5, 0.6) is 0 Å². The topological polar surface area (TPSA) is 53.1 Å². The molecule has 1 aromatic rings. The molecule has 130 valence electrons. The van der Waals surface area contributed by atoms with E-state index in [4.69, 9.17) is 4.74 Å². The van der Waals surface area contributed by atoms with Gasteiger partial charge < -0.3 is 19.4 Å². The molecule has 1 aromatic carbocycles. The Morgan fingerprint density at radius 2 is 1.79 bits per heavy atom. The number of likely N-dealkylation sites (N-methyl/N-ethyl adjacent to an activating group) is 2. The molecule has 0 saturated carbocycles. The maximum absolute atomic E-state index is 13.1.